The third-order valence-electron chi connectivity index (χ3n) is 2.63. The van der Waals surface area contributed by atoms with E-state index < -0.39 is 0 Å². The van der Waals surface area contributed by atoms with Crippen molar-refractivity contribution in [3.05, 3.63) is 33.8 Å². The average Bonchev–Trinajstić information content (AvgIpc) is 2.33. The molecule has 0 saturated heterocycles. The minimum Gasteiger partial charge on any atom is -0.382 e. The number of methoxy groups -OCH3 is 1. The van der Waals surface area contributed by atoms with Crippen molar-refractivity contribution in [3.8, 4) is 0 Å². The number of hydrogen-bond donors (Lipinski definition) is 1. The van der Waals surface area contributed by atoms with E-state index in [-0.39, 0.29) is 5.54 Å². The van der Waals surface area contributed by atoms with Crippen molar-refractivity contribution < 1.29 is 9.47 Å². The third-order valence-corrected chi connectivity index (χ3v) is 3.37. The quantitative estimate of drug-likeness (QED) is 0.776. The second-order valence-electron chi connectivity index (χ2n) is 5.57. The zero-order chi connectivity index (χ0) is 14.3. The predicted molar refractivity (Wildman–Crippen MR) is 82.3 cm³/mol. The van der Waals surface area contributed by atoms with Crippen LogP contribution in [0.3, 0.4) is 0 Å². The number of ether oxygens (including phenoxy) is 2. The lowest BCUT2D eigenvalue weighted by Gasteiger charge is -2.20. The lowest BCUT2D eigenvalue weighted by molar-refractivity contribution is 0.0614. The molecule has 3 nitrogen and oxygen atoms in total. The van der Waals surface area contributed by atoms with Gasteiger partial charge in [-0.1, -0.05) is 28.1 Å². The second kappa shape index (κ2) is 8.00. The molecular formula is C15H24BrNO2. The summed E-state index contributed by atoms with van der Waals surface area (Å²) in [5.74, 6) is 0. The molecule has 0 saturated carbocycles. The van der Waals surface area contributed by atoms with E-state index in [4.69, 9.17) is 9.47 Å². The molecule has 0 spiro atoms. The summed E-state index contributed by atoms with van der Waals surface area (Å²) < 4.78 is 11.6. The van der Waals surface area contributed by atoms with Crippen molar-refractivity contribution in [2.45, 2.75) is 39.5 Å². The Morgan fingerprint density at radius 1 is 1.21 bits per heavy atom. The first-order chi connectivity index (χ1) is 8.92. The van der Waals surface area contributed by atoms with Crippen LogP contribution in [-0.4, -0.2) is 25.9 Å². The Hall–Kier alpha value is -0.420. The van der Waals surface area contributed by atoms with Gasteiger partial charge in [-0.15, -0.1) is 0 Å². The van der Waals surface area contributed by atoms with Crippen molar-refractivity contribution in [3.63, 3.8) is 0 Å². The monoisotopic (exact) mass is 329 g/mol. The van der Waals surface area contributed by atoms with E-state index in [2.05, 4.69) is 60.2 Å². The summed E-state index contributed by atoms with van der Waals surface area (Å²) in [6.45, 7) is 9.23. The van der Waals surface area contributed by atoms with Crippen LogP contribution in [-0.2, 0) is 22.6 Å². The van der Waals surface area contributed by atoms with Crippen molar-refractivity contribution in [2.75, 3.05) is 20.3 Å². The largest absolute Gasteiger partial charge is 0.382 e. The lowest BCUT2D eigenvalue weighted by Crippen LogP contribution is -2.35. The first kappa shape index (κ1) is 16.6. The van der Waals surface area contributed by atoms with Crippen molar-refractivity contribution in [2.24, 2.45) is 0 Å². The highest BCUT2D eigenvalue weighted by molar-refractivity contribution is 9.10. The highest BCUT2D eigenvalue weighted by atomic mass is 79.9. The molecule has 0 fully saturated rings. The fourth-order valence-corrected chi connectivity index (χ4v) is 2.05. The molecule has 0 radical (unpaired) electrons. The van der Waals surface area contributed by atoms with Gasteiger partial charge in [0, 0.05) is 23.7 Å². The minimum atomic E-state index is 0.133. The molecule has 1 N–H and O–H groups in total. The van der Waals surface area contributed by atoms with E-state index in [1.165, 1.54) is 5.56 Å². The van der Waals surface area contributed by atoms with Gasteiger partial charge in [-0.05, 0) is 38.0 Å². The summed E-state index contributed by atoms with van der Waals surface area (Å²) in [6.07, 6.45) is 0. The maximum absolute atomic E-state index is 5.52. The van der Waals surface area contributed by atoms with Gasteiger partial charge in [-0.25, -0.2) is 0 Å². The molecule has 0 heterocycles. The van der Waals surface area contributed by atoms with Crippen LogP contribution in [0.5, 0.6) is 0 Å². The summed E-state index contributed by atoms with van der Waals surface area (Å²) in [4.78, 5) is 0. The standard InChI is InChI=1S/C15H24BrNO2/c1-15(2,3)17-10-12-5-6-13(14(16)9-12)11-19-8-7-18-4/h5-6,9,17H,7-8,10-11H2,1-4H3. The van der Waals surface area contributed by atoms with Crippen molar-refractivity contribution in [1.82, 2.24) is 5.32 Å². The fourth-order valence-electron chi connectivity index (χ4n) is 1.51. The van der Waals surface area contributed by atoms with E-state index in [1.807, 2.05) is 0 Å². The zero-order valence-corrected chi connectivity index (χ0v) is 13.8. The highest BCUT2D eigenvalue weighted by Gasteiger charge is 2.09. The lowest BCUT2D eigenvalue weighted by atomic mass is 10.1. The number of hydrogen-bond acceptors (Lipinski definition) is 3. The van der Waals surface area contributed by atoms with Gasteiger partial charge in [-0.2, -0.15) is 0 Å². The Labute approximate surface area is 124 Å². The second-order valence-corrected chi connectivity index (χ2v) is 6.43. The molecule has 0 unspecified atom stereocenters. The molecule has 0 bridgehead atoms. The number of benzene rings is 1. The van der Waals surface area contributed by atoms with Gasteiger partial charge in [0.25, 0.3) is 0 Å². The van der Waals surface area contributed by atoms with Gasteiger partial charge in [0.1, 0.15) is 0 Å². The van der Waals surface area contributed by atoms with Gasteiger partial charge in [0.2, 0.25) is 0 Å². The van der Waals surface area contributed by atoms with E-state index in [9.17, 15) is 0 Å². The summed E-state index contributed by atoms with van der Waals surface area (Å²) in [7, 11) is 1.68. The van der Waals surface area contributed by atoms with E-state index in [1.54, 1.807) is 7.11 Å². The molecule has 1 aromatic carbocycles. The van der Waals surface area contributed by atoms with Crippen molar-refractivity contribution in [1.29, 1.82) is 0 Å². The molecule has 0 aliphatic carbocycles. The van der Waals surface area contributed by atoms with Crippen LogP contribution < -0.4 is 5.32 Å². The van der Waals surface area contributed by atoms with Crippen LogP contribution in [0.25, 0.3) is 0 Å². The van der Waals surface area contributed by atoms with Crippen LogP contribution in [0.1, 0.15) is 31.9 Å². The van der Waals surface area contributed by atoms with Gasteiger partial charge in [0.15, 0.2) is 0 Å². The Kier molecular flexibility index (Phi) is 7.00. The first-order valence-electron chi connectivity index (χ1n) is 6.51. The van der Waals surface area contributed by atoms with E-state index in [0.29, 0.717) is 19.8 Å². The molecular weight excluding hydrogens is 306 g/mol. The molecule has 0 amide bonds. The SMILES string of the molecule is COCCOCc1ccc(CNC(C)(C)C)cc1Br. The van der Waals surface area contributed by atoms with Crippen LogP contribution in [0.2, 0.25) is 0 Å². The van der Waals surface area contributed by atoms with Crippen LogP contribution in [0, 0.1) is 0 Å². The number of nitrogens with one attached hydrogen (secondary N) is 1. The van der Waals surface area contributed by atoms with Crippen LogP contribution in [0.4, 0.5) is 0 Å². The number of halogens is 1. The molecule has 4 heteroatoms. The Morgan fingerprint density at radius 2 is 1.95 bits per heavy atom. The van der Waals surface area contributed by atoms with Crippen molar-refractivity contribution >= 4 is 15.9 Å². The van der Waals surface area contributed by atoms with E-state index >= 15 is 0 Å². The van der Waals surface area contributed by atoms with Gasteiger partial charge in [-0.3, -0.25) is 0 Å². The summed E-state index contributed by atoms with van der Waals surface area (Å²) >= 11 is 3.60. The van der Waals surface area contributed by atoms with Gasteiger partial charge in [0.05, 0.1) is 19.8 Å². The first-order valence-corrected chi connectivity index (χ1v) is 7.30. The number of rotatable bonds is 7. The molecule has 0 aliphatic rings. The summed E-state index contributed by atoms with van der Waals surface area (Å²) in [5, 5.41) is 3.48. The smallest absolute Gasteiger partial charge is 0.0728 e. The molecule has 0 aliphatic heterocycles. The highest BCUT2D eigenvalue weighted by Crippen LogP contribution is 2.20. The van der Waals surface area contributed by atoms with Gasteiger partial charge < -0.3 is 14.8 Å². The maximum atomic E-state index is 5.52. The fraction of sp³-hybridized carbons (Fsp3) is 0.600. The topological polar surface area (TPSA) is 30.5 Å². The van der Waals surface area contributed by atoms with E-state index in [0.717, 1.165) is 16.6 Å². The Morgan fingerprint density at radius 3 is 2.53 bits per heavy atom. The molecule has 0 aromatic heterocycles. The summed E-state index contributed by atoms with van der Waals surface area (Å²) in [5.41, 5.74) is 2.56. The Bertz CT molecular complexity index is 388. The average molecular weight is 330 g/mol. The molecule has 108 valence electrons. The van der Waals surface area contributed by atoms with Crippen LogP contribution in [0.15, 0.2) is 22.7 Å². The maximum Gasteiger partial charge on any atom is 0.0728 e. The summed E-state index contributed by atoms with van der Waals surface area (Å²) in [6, 6.07) is 6.39. The van der Waals surface area contributed by atoms with Crippen LogP contribution >= 0.6 is 15.9 Å². The molecule has 1 aromatic rings. The zero-order valence-electron chi connectivity index (χ0n) is 12.3. The third kappa shape index (κ3) is 7.06. The normalized spacial score (nSPS) is 11.8. The predicted octanol–water partition coefficient (Wildman–Crippen LogP) is 3.50. The molecule has 1 rings (SSSR count). The molecule has 0 atom stereocenters. The van der Waals surface area contributed by atoms with Gasteiger partial charge >= 0.3 is 0 Å². The minimum absolute atomic E-state index is 0.133. The Balaban J connectivity index is 2.49. The molecule has 19 heavy (non-hydrogen) atoms.